The minimum absolute atomic E-state index is 0.261. The van der Waals surface area contributed by atoms with Crippen molar-refractivity contribution in [2.24, 2.45) is 0 Å². The molecular formula is C21H19Cl2N5O2S. The molecule has 0 aliphatic carbocycles. The maximum atomic E-state index is 13.3. The largest absolute Gasteiger partial charge is 0.324 e. The summed E-state index contributed by atoms with van der Waals surface area (Å²) >= 11 is 13.4. The molecule has 0 unspecified atom stereocenters. The number of carbonyl (C=O) groups excluding carboxylic acids is 1. The highest BCUT2D eigenvalue weighted by atomic mass is 35.5. The highest BCUT2D eigenvalue weighted by Crippen LogP contribution is 2.30. The van der Waals surface area contributed by atoms with Crippen molar-refractivity contribution >= 4 is 57.0 Å². The number of carbonyl (C=O) groups is 1. The molecule has 31 heavy (non-hydrogen) atoms. The number of benzene rings is 1. The summed E-state index contributed by atoms with van der Waals surface area (Å²) in [6, 6.07) is 8.61. The van der Waals surface area contributed by atoms with E-state index in [1.807, 2.05) is 38.3 Å². The van der Waals surface area contributed by atoms with Crippen molar-refractivity contribution < 1.29 is 4.79 Å². The second kappa shape index (κ2) is 8.11. The fourth-order valence-corrected chi connectivity index (χ4v) is 4.21. The van der Waals surface area contributed by atoms with Crippen molar-refractivity contribution in [2.75, 3.05) is 5.32 Å². The van der Waals surface area contributed by atoms with Gasteiger partial charge in [0.2, 0.25) is 5.91 Å². The Hall–Kier alpha value is -2.68. The van der Waals surface area contributed by atoms with Gasteiger partial charge in [0.05, 0.1) is 32.0 Å². The van der Waals surface area contributed by atoms with E-state index in [9.17, 15) is 9.59 Å². The van der Waals surface area contributed by atoms with Gasteiger partial charge in [0.15, 0.2) is 0 Å². The van der Waals surface area contributed by atoms with E-state index >= 15 is 0 Å². The number of rotatable bonds is 4. The van der Waals surface area contributed by atoms with Gasteiger partial charge in [-0.15, -0.1) is 11.3 Å². The van der Waals surface area contributed by atoms with E-state index in [2.05, 4.69) is 15.5 Å². The maximum absolute atomic E-state index is 13.3. The zero-order valence-corrected chi connectivity index (χ0v) is 19.3. The van der Waals surface area contributed by atoms with Crippen LogP contribution in [0.2, 0.25) is 10.0 Å². The Balaban J connectivity index is 1.78. The average Bonchev–Trinajstić information content (AvgIpc) is 3.37. The van der Waals surface area contributed by atoms with Gasteiger partial charge >= 0.3 is 0 Å². The third-order valence-corrected chi connectivity index (χ3v) is 6.18. The van der Waals surface area contributed by atoms with Crippen molar-refractivity contribution in [3.05, 3.63) is 62.3 Å². The van der Waals surface area contributed by atoms with Crippen LogP contribution in [0.5, 0.6) is 0 Å². The van der Waals surface area contributed by atoms with Gasteiger partial charge in [-0.2, -0.15) is 10.2 Å². The number of halogens is 2. The van der Waals surface area contributed by atoms with Gasteiger partial charge in [0.25, 0.3) is 5.56 Å². The number of hydrogen-bond acceptors (Lipinski definition) is 5. The number of nitrogens with one attached hydrogen (secondary N) is 1. The predicted octanol–water partition coefficient (Wildman–Crippen LogP) is 5.02. The van der Waals surface area contributed by atoms with Crippen molar-refractivity contribution in [3.8, 4) is 10.6 Å². The van der Waals surface area contributed by atoms with Crippen LogP contribution in [0.25, 0.3) is 21.5 Å². The molecule has 0 saturated heterocycles. The normalized spacial score (nSPS) is 11.8. The topological polar surface area (TPSA) is 81.8 Å². The van der Waals surface area contributed by atoms with Crippen molar-refractivity contribution in [1.29, 1.82) is 0 Å². The minimum Gasteiger partial charge on any atom is -0.324 e. The second-order valence-corrected chi connectivity index (χ2v) is 9.72. The summed E-state index contributed by atoms with van der Waals surface area (Å²) in [5.74, 6) is -0.411. The summed E-state index contributed by atoms with van der Waals surface area (Å²) in [5.41, 5.74) is 0.698. The van der Waals surface area contributed by atoms with E-state index < -0.39 is 11.4 Å². The van der Waals surface area contributed by atoms with Crippen molar-refractivity contribution in [2.45, 2.75) is 32.9 Å². The molecule has 0 fully saturated rings. The monoisotopic (exact) mass is 475 g/mol. The molecule has 7 nitrogen and oxygen atoms in total. The first-order valence-electron chi connectivity index (χ1n) is 9.43. The molecule has 10 heteroatoms. The SMILES string of the molecule is CC(C)(C)n1ncc2c(-c3cccs3)nn(CC(=O)Nc3ccc(Cl)c(Cl)c3)c(=O)c21. The molecule has 0 saturated carbocycles. The summed E-state index contributed by atoms with van der Waals surface area (Å²) in [6.07, 6.45) is 1.66. The Morgan fingerprint density at radius 3 is 2.61 bits per heavy atom. The second-order valence-electron chi connectivity index (χ2n) is 7.96. The zero-order valence-electron chi connectivity index (χ0n) is 17.0. The Morgan fingerprint density at radius 1 is 1.19 bits per heavy atom. The first-order chi connectivity index (χ1) is 14.6. The van der Waals surface area contributed by atoms with Crippen LogP contribution < -0.4 is 10.9 Å². The Kier molecular flexibility index (Phi) is 5.63. The molecule has 3 heterocycles. The number of thiophene rings is 1. The number of fused-ring (bicyclic) bond motifs is 1. The highest BCUT2D eigenvalue weighted by molar-refractivity contribution is 7.13. The molecule has 0 spiro atoms. The molecule has 1 aromatic carbocycles. The average molecular weight is 476 g/mol. The van der Waals surface area contributed by atoms with E-state index in [0.29, 0.717) is 32.3 Å². The van der Waals surface area contributed by atoms with Crippen LogP contribution in [-0.2, 0) is 16.9 Å². The predicted molar refractivity (Wildman–Crippen MR) is 125 cm³/mol. The molecule has 1 amide bonds. The first-order valence-corrected chi connectivity index (χ1v) is 11.1. The van der Waals surface area contributed by atoms with E-state index in [0.717, 1.165) is 4.88 Å². The minimum atomic E-state index is -0.422. The van der Waals surface area contributed by atoms with Crippen LogP contribution in [0.15, 0.2) is 46.7 Å². The van der Waals surface area contributed by atoms with Gasteiger partial charge in [0, 0.05) is 5.69 Å². The van der Waals surface area contributed by atoms with Gasteiger partial charge in [0.1, 0.15) is 17.8 Å². The van der Waals surface area contributed by atoms with Crippen LogP contribution >= 0.6 is 34.5 Å². The Morgan fingerprint density at radius 2 is 1.97 bits per heavy atom. The zero-order chi connectivity index (χ0) is 22.3. The number of nitrogens with zero attached hydrogens (tertiary/aromatic N) is 4. The number of hydrogen-bond donors (Lipinski definition) is 1. The smallest absolute Gasteiger partial charge is 0.293 e. The highest BCUT2D eigenvalue weighted by Gasteiger charge is 2.24. The molecule has 160 valence electrons. The first kappa shape index (κ1) is 21.5. The molecule has 0 bridgehead atoms. The molecule has 4 rings (SSSR count). The lowest BCUT2D eigenvalue weighted by Gasteiger charge is -2.20. The summed E-state index contributed by atoms with van der Waals surface area (Å²) in [4.78, 5) is 26.9. The molecule has 0 aliphatic rings. The van der Waals surface area contributed by atoms with Crippen molar-refractivity contribution in [1.82, 2.24) is 19.6 Å². The van der Waals surface area contributed by atoms with Crippen molar-refractivity contribution in [3.63, 3.8) is 0 Å². The Bertz CT molecular complexity index is 1340. The van der Waals surface area contributed by atoms with Crippen LogP contribution in [-0.4, -0.2) is 25.5 Å². The molecule has 0 atom stereocenters. The van der Waals surface area contributed by atoms with Gasteiger partial charge in [-0.05, 0) is 50.4 Å². The van der Waals surface area contributed by atoms with Gasteiger partial charge in [-0.1, -0.05) is 29.3 Å². The lowest BCUT2D eigenvalue weighted by atomic mass is 10.1. The van der Waals surface area contributed by atoms with E-state index in [1.165, 1.54) is 16.0 Å². The maximum Gasteiger partial charge on any atom is 0.293 e. The number of aromatic nitrogens is 4. The number of amides is 1. The summed E-state index contributed by atoms with van der Waals surface area (Å²) < 4.78 is 2.85. The standard InChI is InChI=1S/C21H19Cl2N5O2S/c1-21(2,3)28-19-13(10-24-28)18(16-5-4-8-31-16)26-27(20(19)30)11-17(29)25-12-6-7-14(22)15(23)9-12/h4-10H,11H2,1-3H3,(H,25,29). The fourth-order valence-electron chi connectivity index (χ4n) is 3.19. The number of anilines is 1. The van der Waals surface area contributed by atoms with Gasteiger partial charge < -0.3 is 5.32 Å². The van der Waals surface area contributed by atoms with Gasteiger partial charge in [-0.3, -0.25) is 14.3 Å². The molecule has 1 N–H and O–H groups in total. The summed E-state index contributed by atoms with van der Waals surface area (Å²) in [7, 11) is 0. The third kappa shape index (κ3) is 4.23. The quantitative estimate of drug-likeness (QED) is 0.449. The van der Waals surface area contributed by atoms with E-state index in [-0.39, 0.29) is 12.1 Å². The lowest BCUT2D eigenvalue weighted by Crippen LogP contribution is -2.33. The van der Waals surface area contributed by atoms with E-state index in [1.54, 1.807) is 29.1 Å². The fraction of sp³-hybridized carbons (Fsp3) is 0.238. The van der Waals surface area contributed by atoms with E-state index in [4.69, 9.17) is 23.2 Å². The molecule has 3 aromatic heterocycles. The molecule has 0 radical (unpaired) electrons. The molecule has 4 aromatic rings. The third-order valence-electron chi connectivity index (χ3n) is 4.57. The summed E-state index contributed by atoms with van der Waals surface area (Å²) in [6.45, 7) is 5.63. The molecule has 0 aliphatic heterocycles. The van der Waals surface area contributed by atoms with Crippen LogP contribution in [0.3, 0.4) is 0 Å². The van der Waals surface area contributed by atoms with Crippen LogP contribution in [0.4, 0.5) is 5.69 Å². The molecular weight excluding hydrogens is 457 g/mol. The van der Waals surface area contributed by atoms with Gasteiger partial charge in [-0.25, -0.2) is 4.68 Å². The van der Waals surface area contributed by atoms with Crippen LogP contribution in [0.1, 0.15) is 20.8 Å². The summed E-state index contributed by atoms with van der Waals surface area (Å²) in [5, 5.41) is 15.0. The van der Waals surface area contributed by atoms with Crippen LogP contribution in [0, 0.1) is 0 Å². The lowest BCUT2D eigenvalue weighted by molar-refractivity contribution is -0.117. The Labute approximate surface area is 192 Å².